The molecule has 3 rings (SSSR count). The van der Waals surface area contributed by atoms with E-state index in [0.717, 1.165) is 27.8 Å². The number of carbonyl (C=O) groups is 1. The molecule has 0 unspecified atom stereocenters. The van der Waals surface area contributed by atoms with Crippen LogP contribution in [0.5, 0.6) is 0 Å². The van der Waals surface area contributed by atoms with Gasteiger partial charge in [0.2, 0.25) is 0 Å². The second-order valence-electron chi connectivity index (χ2n) is 6.14. The van der Waals surface area contributed by atoms with E-state index in [1.807, 2.05) is 19.9 Å². The van der Waals surface area contributed by atoms with Crippen LogP contribution in [0, 0.1) is 27.7 Å². The predicted octanol–water partition coefficient (Wildman–Crippen LogP) is 3.39. The third-order valence-electron chi connectivity index (χ3n) is 4.51. The van der Waals surface area contributed by atoms with Crippen molar-refractivity contribution in [3.8, 4) is 0 Å². The van der Waals surface area contributed by atoms with E-state index in [0.29, 0.717) is 16.1 Å². The summed E-state index contributed by atoms with van der Waals surface area (Å²) < 4.78 is 33.3. The lowest BCUT2D eigenvalue weighted by Gasteiger charge is -2.17. The topological polar surface area (TPSA) is 72.5 Å². The van der Waals surface area contributed by atoms with Gasteiger partial charge in [-0.05, 0) is 62.1 Å². The Morgan fingerprint density at radius 1 is 1.00 bits per heavy atom. The number of rotatable bonds is 3. The van der Waals surface area contributed by atoms with Crippen LogP contribution >= 0.6 is 0 Å². The summed E-state index contributed by atoms with van der Waals surface area (Å²) >= 11 is 0. The normalized spacial score (nSPS) is 13.6. The fourth-order valence-electron chi connectivity index (χ4n) is 2.97. The molecule has 0 atom stereocenters. The Kier molecular flexibility index (Phi) is 3.87. The fraction of sp³-hybridized carbons (Fsp3) is 0.278. The highest BCUT2D eigenvalue weighted by Crippen LogP contribution is 2.29. The van der Waals surface area contributed by atoms with E-state index in [2.05, 4.69) is 4.72 Å². The molecule has 5 nitrogen and oxygen atoms in total. The number of carbonyl (C=O) groups excluding carboxylic acids is 1. The summed E-state index contributed by atoms with van der Waals surface area (Å²) in [7, 11) is -3.76. The minimum atomic E-state index is -3.76. The van der Waals surface area contributed by atoms with E-state index in [9.17, 15) is 13.2 Å². The molecule has 6 heteroatoms. The Bertz CT molecular complexity index is 935. The number of esters is 1. The molecule has 0 aromatic heterocycles. The Morgan fingerprint density at radius 3 is 2.25 bits per heavy atom. The zero-order chi connectivity index (χ0) is 17.6. The van der Waals surface area contributed by atoms with Gasteiger partial charge < -0.3 is 4.74 Å². The van der Waals surface area contributed by atoms with Gasteiger partial charge in [0.05, 0.1) is 10.5 Å². The highest BCUT2D eigenvalue weighted by atomic mass is 32.2. The first-order valence-electron chi connectivity index (χ1n) is 7.61. The molecule has 1 N–H and O–H groups in total. The van der Waals surface area contributed by atoms with Crippen molar-refractivity contribution in [2.45, 2.75) is 39.2 Å². The molecule has 0 saturated carbocycles. The van der Waals surface area contributed by atoms with Crippen LogP contribution in [0.25, 0.3) is 0 Å². The molecule has 0 aliphatic carbocycles. The van der Waals surface area contributed by atoms with Crippen molar-refractivity contribution in [2.24, 2.45) is 0 Å². The third kappa shape index (κ3) is 2.67. The maximum absolute atomic E-state index is 12.9. The maximum Gasteiger partial charge on any atom is 0.338 e. The van der Waals surface area contributed by atoms with Gasteiger partial charge in [0, 0.05) is 11.3 Å². The zero-order valence-electron chi connectivity index (χ0n) is 14.1. The average molecular weight is 345 g/mol. The van der Waals surface area contributed by atoms with Crippen LogP contribution in [0.4, 0.5) is 5.69 Å². The highest BCUT2D eigenvalue weighted by molar-refractivity contribution is 7.92. The number of anilines is 1. The molecular weight excluding hydrogens is 326 g/mol. The van der Waals surface area contributed by atoms with Crippen molar-refractivity contribution in [1.82, 2.24) is 0 Å². The van der Waals surface area contributed by atoms with Crippen molar-refractivity contribution in [1.29, 1.82) is 0 Å². The Morgan fingerprint density at radius 2 is 1.62 bits per heavy atom. The monoisotopic (exact) mass is 345 g/mol. The number of ether oxygens (including phenoxy) is 1. The van der Waals surface area contributed by atoms with E-state index in [1.54, 1.807) is 26.0 Å². The summed E-state index contributed by atoms with van der Waals surface area (Å²) in [6.45, 7) is 7.63. The molecule has 1 aliphatic heterocycles. The van der Waals surface area contributed by atoms with Gasteiger partial charge in [-0.2, -0.15) is 0 Å². The number of cyclic esters (lactones) is 1. The minimum absolute atomic E-state index is 0.233. The first-order chi connectivity index (χ1) is 11.2. The molecule has 126 valence electrons. The van der Waals surface area contributed by atoms with Crippen LogP contribution in [0.15, 0.2) is 29.2 Å². The summed E-state index contributed by atoms with van der Waals surface area (Å²) in [5.41, 5.74) is 4.83. The van der Waals surface area contributed by atoms with Gasteiger partial charge in [-0.1, -0.05) is 12.1 Å². The van der Waals surface area contributed by atoms with Crippen molar-refractivity contribution >= 4 is 21.7 Å². The fourth-order valence-corrected chi connectivity index (χ4v) is 4.63. The summed E-state index contributed by atoms with van der Waals surface area (Å²) in [4.78, 5) is 11.9. The number of nitrogens with one attached hydrogen (secondary N) is 1. The molecule has 1 heterocycles. The number of hydrogen-bond acceptors (Lipinski definition) is 4. The standard InChI is InChI=1S/C18H19NO4S/c1-10-7-11(2)13(4)17(12(10)3)24(21,22)19-15-6-5-14-9-23-18(20)16(14)8-15/h5-8,19H,9H2,1-4H3. The Balaban J connectivity index is 2.05. The predicted molar refractivity (Wildman–Crippen MR) is 91.8 cm³/mol. The van der Waals surface area contributed by atoms with Crippen LogP contribution in [-0.4, -0.2) is 14.4 Å². The van der Waals surface area contributed by atoms with Crippen molar-refractivity contribution in [3.63, 3.8) is 0 Å². The van der Waals surface area contributed by atoms with Gasteiger partial charge in [0.15, 0.2) is 0 Å². The summed E-state index contributed by atoms with van der Waals surface area (Å²) in [5, 5.41) is 0. The summed E-state index contributed by atoms with van der Waals surface area (Å²) in [5.74, 6) is -0.426. The van der Waals surface area contributed by atoms with E-state index >= 15 is 0 Å². The lowest BCUT2D eigenvalue weighted by Crippen LogP contribution is -2.17. The van der Waals surface area contributed by atoms with Gasteiger partial charge in [0.1, 0.15) is 6.61 Å². The first-order valence-corrected chi connectivity index (χ1v) is 9.09. The smallest absolute Gasteiger partial charge is 0.338 e. The number of hydrogen-bond donors (Lipinski definition) is 1. The number of sulfonamides is 1. The molecule has 2 aromatic rings. The highest BCUT2D eigenvalue weighted by Gasteiger charge is 2.25. The second-order valence-corrected chi connectivity index (χ2v) is 7.76. The molecule has 2 aromatic carbocycles. The SMILES string of the molecule is Cc1cc(C)c(C)c(S(=O)(=O)Nc2ccc3c(c2)C(=O)OC3)c1C. The van der Waals surface area contributed by atoms with Crippen molar-refractivity contribution < 1.29 is 17.9 Å². The van der Waals surface area contributed by atoms with Gasteiger partial charge in [-0.25, -0.2) is 13.2 Å². The van der Waals surface area contributed by atoms with E-state index < -0.39 is 16.0 Å². The molecule has 0 amide bonds. The lowest BCUT2D eigenvalue weighted by molar-refractivity contribution is 0.0535. The van der Waals surface area contributed by atoms with Crippen LogP contribution in [-0.2, 0) is 21.4 Å². The zero-order valence-corrected chi connectivity index (χ0v) is 14.9. The number of aryl methyl sites for hydroxylation is 2. The van der Waals surface area contributed by atoms with E-state index in [1.165, 1.54) is 6.07 Å². The quantitative estimate of drug-likeness (QED) is 0.866. The molecule has 0 saturated heterocycles. The largest absolute Gasteiger partial charge is 0.457 e. The van der Waals surface area contributed by atoms with Crippen molar-refractivity contribution in [2.75, 3.05) is 4.72 Å². The lowest BCUT2D eigenvalue weighted by atomic mass is 10.0. The van der Waals surface area contributed by atoms with E-state index in [4.69, 9.17) is 4.74 Å². The molecule has 1 aliphatic rings. The molecule has 0 bridgehead atoms. The van der Waals surface area contributed by atoms with Crippen LogP contribution in [0.2, 0.25) is 0 Å². The third-order valence-corrected chi connectivity index (χ3v) is 6.16. The van der Waals surface area contributed by atoms with Crippen molar-refractivity contribution in [3.05, 3.63) is 57.6 Å². The van der Waals surface area contributed by atoms with Crippen LogP contribution in [0.3, 0.4) is 0 Å². The average Bonchev–Trinajstić information content (AvgIpc) is 2.86. The Hall–Kier alpha value is -2.34. The maximum atomic E-state index is 12.9. The summed E-state index contributed by atoms with van der Waals surface area (Å²) in [6, 6.07) is 6.86. The first kappa shape index (κ1) is 16.5. The molecule has 0 radical (unpaired) electrons. The number of fused-ring (bicyclic) bond motifs is 1. The van der Waals surface area contributed by atoms with Gasteiger partial charge in [-0.15, -0.1) is 0 Å². The van der Waals surface area contributed by atoms with Gasteiger partial charge >= 0.3 is 5.97 Å². The Labute approximate surface area is 141 Å². The molecule has 0 fully saturated rings. The van der Waals surface area contributed by atoms with Gasteiger partial charge in [0.25, 0.3) is 10.0 Å². The molecule has 0 spiro atoms. The number of benzene rings is 2. The minimum Gasteiger partial charge on any atom is -0.457 e. The molecular formula is C18H19NO4S. The van der Waals surface area contributed by atoms with E-state index in [-0.39, 0.29) is 6.61 Å². The van der Waals surface area contributed by atoms with Crippen LogP contribution < -0.4 is 4.72 Å². The second kappa shape index (κ2) is 5.63. The van der Waals surface area contributed by atoms with Crippen LogP contribution in [0.1, 0.15) is 38.2 Å². The summed E-state index contributed by atoms with van der Waals surface area (Å²) in [6.07, 6.45) is 0. The van der Waals surface area contributed by atoms with Gasteiger partial charge in [-0.3, -0.25) is 4.72 Å². The molecule has 24 heavy (non-hydrogen) atoms.